The van der Waals surface area contributed by atoms with Crippen LogP contribution in [-0.2, 0) is 13.2 Å². The predicted octanol–water partition coefficient (Wildman–Crippen LogP) is 3.11. The maximum Gasteiger partial charge on any atom is 0.0682 e. The van der Waals surface area contributed by atoms with Crippen LogP contribution in [-0.4, -0.2) is 14.9 Å². The first kappa shape index (κ1) is 11.7. The average molecular weight is 244 g/mol. The molecule has 3 nitrogen and oxygen atoms in total. The molecular weight excluding hydrogens is 224 g/mol. The topological polar surface area (TPSA) is 38.1 Å². The summed E-state index contributed by atoms with van der Waals surface area (Å²) < 4.78 is 2.13. The lowest BCUT2D eigenvalue weighted by molar-refractivity contribution is 0.282. The molecule has 1 aliphatic carbocycles. The van der Waals surface area contributed by atoms with Crippen LogP contribution in [0.5, 0.6) is 0 Å². The molecule has 0 aliphatic heterocycles. The van der Waals surface area contributed by atoms with Gasteiger partial charge in [-0.2, -0.15) is 5.10 Å². The van der Waals surface area contributed by atoms with E-state index in [0.29, 0.717) is 0 Å². The largest absolute Gasteiger partial charge is 0.392 e. The van der Waals surface area contributed by atoms with Crippen molar-refractivity contribution in [3.8, 4) is 0 Å². The van der Waals surface area contributed by atoms with Crippen molar-refractivity contribution >= 4 is 10.9 Å². The fourth-order valence-electron chi connectivity index (χ4n) is 2.99. The van der Waals surface area contributed by atoms with Gasteiger partial charge in [0.1, 0.15) is 0 Å². The minimum absolute atomic E-state index is 0.101. The van der Waals surface area contributed by atoms with Crippen LogP contribution in [0.1, 0.15) is 37.7 Å². The van der Waals surface area contributed by atoms with E-state index in [0.717, 1.165) is 23.4 Å². The Balaban J connectivity index is 1.83. The molecule has 1 heterocycles. The molecule has 2 aromatic rings. The van der Waals surface area contributed by atoms with Crippen molar-refractivity contribution < 1.29 is 5.11 Å². The third-order valence-electron chi connectivity index (χ3n) is 4.04. The van der Waals surface area contributed by atoms with Gasteiger partial charge in [-0.25, -0.2) is 0 Å². The Hall–Kier alpha value is -1.35. The summed E-state index contributed by atoms with van der Waals surface area (Å²) in [6.07, 6.45) is 8.75. The normalized spacial score (nSPS) is 17.4. The SMILES string of the molecule is OCc1ccc2c(cnn2CC2CCCCC2)c1. The highest BCUT2D eigenvalue weighted by Gasteiger charge is 2.15. The molecule has 96 valence electrons. The van der Waals surface area contributed by atoms with Crippen molar-refractivity contribution in [2.75, 3.05) is 0 Å². The highest BCUT2D eigenvalue weighted by Crippen LogP contribution is 2.26. The molecule has 0 radical (unpaired) electrons. The van der Waals surface area contributed by atoms with Crippen molar-refractivity contribution in [3.63, 3.8) is 0 Å². The summed E-state index contributed by atoms with van der Waals surface area (Å²) in [5.41, 5.74) is 2.15. The van der Waals surface area contributed by atoms with Gasteiger partial charge in [0.2, 0.25) is 0 Å². The molecule has 1 aromatic heterocycles. The second-order valence-corrected chi connectivity index (χ2v) is 5.38. The van der Waals surface area contributed by atoms with E-state index >= 15 is 0 Å². The first-order valence-electron chi connectivity index (χ1n) is 6.92. The van der Waals surface area contributed by atoms with Crippen molar-refractivity contribution in [1.82, 2.24) is 9.78 Å². The fourth-order valence-corrected chi connectivity index (χ4v) is 2.99. The number of benzene rings is 1. The Kier molecular flexibility index (Phi) is 3.33. The number of aliphatic hydroxyl groups is 1. The summed E-state index contributed by atoms with van der Waals surface area (Å²) in [5.74, 6) is 0.791. The zero-order valence-electron chi connectivity index (χ0n) is 10.7. The van der Waals surface area contributed by atoms with Gasteiger partial charge in [0.15, 0.2) is 0 Å². The molecule has 0 atom stereocenters. The minimum Gasteiger partial charge on any atom is -0.392 e. The van der Waals surface area contributed by atoms with E-state index in [1.807, 2.05) is 18.3 Å². The molecular formula is C15H20N2O. The second kappa shape index (κ2) is 5.11. The van der Waals surface area contributed by atoms with E-state index < -0.39 is 0 Å². The summed E-state index contributed by atoms with van der Waals surface area (Å²) in [6, 6.07) is 6.10. The minimum atomic E-state index is 0.101. The zero-order chi connectivity index (χ0) is 12.4. The molecule has 1 aliphatic rings. The predicted molar refractivity (Wildman–Crippen MR) is 72.2 cm³/mol. The van der Waals surface area contributed by atoms with Crippen LogP contribution in [0.15, 0.2) is 24.4 Å². The van der Waals surface area contributed by atoms with Gasteiger partial charge in [-0.1, -0.05) is 25.3 Å². The van der Waals surface area contributed by atoms with Crippen molar-refractivity contribution in [2.24, 2.45) is 5.92 Å². The molecule has 1 N–H and O–H groups in total. The Bertz CT molecular complexity index is 526. The Morgan fingerprint density at radius 2 is 2.06 bits per heavy atom. The Morgan fingerprint density at radius 1 is 1.22 bits per heavy atom. The number of aromatic nitrogens is 2. The van der Waals surface area contributed by atoms with Gasteiger partial charge < -0.3 is 5.11 Å². The van der Waals surface area contributed by atoms with Gasteiger partial charge in [-0.05, 0) is 36.5 Å². The van der Waals surface area contributed by atoms with Gasteiger partial charge in [-0.15, -0.1) is 0 Å². The molecule has 18 heavy (non-hydrogen) atoms. The third-order valence-corrected chi connectivity index (χ3v) is 4.04. The van der Waals surface area contributed by atoms with Gasteiger partial charge in [0.25, 0.3) is 0 Å². The molecule has 0 bridgehead atoms. The van der Waals surface area contributed by atoms with Crippen molar-refractivity contribution in [3.05, 3.63) is 30.0 Å². The molecule has 3 heteroatoms. The van der Waals surface area contributed by atoms with Crippen LogP contribution in [0.3, 0.4) is 0 Å². The molecule has 0 amide bonds. The lowest BCUT2D eigenvalue weighted by Gasteiger charge is -2.21. The number of hydrogen-bond donors (Lipinski definition) is 1. The van der Waals surface area contributed by atoms with E-state index in [2.05, 4.69) is 15.8 Å². The number of aliphatic hydroxyl groups excluding tert-OH is 1. The highest BCUT2D eigenvalue weighted by atomic mass is 16.3. The van der Waals surface area contributed by atoms with Crippen LogP contribution in [0.4, 0.5) is 0 Å². The molecule has 1 fully saturated rings. The fraction of sp³-hybridized carbons (Fsp3) is 0.533. The zero-order valence-corrected chi connectivity index (χ0v) is 10.7. The molecule has 1 saturated carbocycles. The maximum atomic E-state index is 9.14. The lowest BCUT2D eigenvalue weighted by atomic mass is 9.89. The van der Waals surface area contributed by atoms with Gasteiger partial charge in [0, 0.05) is 11.9 Å². The van der Waals surface area contributed by atoms with E-state index in [9.17, 15) is 0 Å². The van der Waals surface area contributed by atoms with Crippen LogP contribution in [0, 0.1) is 5.92 Å². The Morgan fingerprint density at radius 3 is 2.83 bits per heavy atom. The monoisotopic (exact) mass is 244 g/mol. The number of rotatable bonds is 3. The molecule has 1 aromatic carbocycles. The number of hydrogen-bond acceptors (Lipinski definition) is 2. The third kappa shape index (κ3) is 2.27. The molecule has 0 unspecified atom stereocenters. The number of fused-ring (bicyclic) bond motifs is 1. The van der Waals surface area contributed by atoms with Gasteiger partial charge in [-0.3, -0.25) is 4.68 Å². The molecule has 0 saturated heterocycles. The van der Waals surface area contributed by atoms with Crippen molar-refractivity contribution in [1.29, 1.82) is 0 Å². The van der Waals surface area contributed by atoms with E-state index in [4.69, 9.17) is 5.11 Å². The molecule has 3 rings (SSSR count). The first-order chi connectivity index (χ1) is 8.86. The first-order valence-corrected chi connectivity index (χ1v) is 6.92. The smallest absolute Gasteiger partial charge is 0.0682 e. The van der Waals surface area contributed by atoms with Gasteiger partial charge in [0.05, 0.1) is 18.3 Å². The van der Waals surface area contributed by atoms with Crippen LogP contribution in [0.25, 0.3) is 10.9 Å². The summed E-state index contributed by atoms with van der Waals surface area (Å²) >= 11 is 0. The van der Waals surface area contributed by atoms with E-state index in [-0.39, 0.29) is 6.61 Å². The van der Waals surface area contributed by atoms with Gasteiger partial charge >= 0.3 is 0 Å². The lowest BCUT2D eigenvalue weighted by Crippen LogP contribution is -2.14. The summed E-state index contributed by atoms with van der Waals surface area (Å²) in [6.45, 7) is 1.14. The summed E-state index contributed by atoms with van der Waals surface area (Å²) in [7, 11) is 0. The molecule has 0 spiro atoms. The highest BCUT2D eigenvalue weighted by molar-refractivity contribution is 5.79. The van der Waals surface area contributed by atoms with Crippen LogP contribution < -0.4 is 0 Å². The van der Waals surface area contributed by atoms with E-state index in [1.165, 1.54) is 37.6 Å². The Labute approximate surface area is 107 Å². The van der Waals surface area contributed by atoms with Crippen molar-refractivity contribution in [2.45, 2.75) is 45.3 Å². The second-order valence-electron chi connectivity index (χ2n) is 5.38. The number of nitrogens with zero attached hydrogens (tertiary/aromatic N) is 2. The maximum absolute atomic E-state index is 9.14. The van der Waals surface area contributed by atoms with E-state index in [1.54, 1.807) is 0 Å². The summed E-state index contributed by atoms with van der Waals surface area (Å²) in [4.78, 5) is 0. The van der Waals surface area contributed by atoms with Crippen LogP contribution >= 0.6 is 0 Å². The standard InChI is InChI=1S/C15H20N2O/c18-11-13-6-7-15-14(8-13)9-16-17(15)10-12-4-2-1-3-5-12/h6-9,12,18H,1-5,10-11H2. The summed E-state index contributed by atoms with van der Waals surface area (Å²) in [5, 5.41) is 14.8. The average Bonchev–Trinajstić information content (AvgIpc) is 2.82. The quantitative estimate of drug-likeness (QED) is 0.901. The van der Waals surface area contributed by atoms with Crippen LogP contribution in [0.2, 0.25) is 0 Å².